The molecule has 1 heterocycles. The van der Waals surface area contributed by atoms with Gasteiger partial charge in [0.15, 0.2) is 0 Å². The Morgan fingerprint density at radius 1 is 1.33 bits per heavy atom. The highest BCUT2D eigenvalue weighted by Crippen LogP contribution is 2.17. The first-order valence-corrected chi connectivity index (χ1v) is 5.99. The van der Waals surface area contributed by atoms with Crippen molar-refractivity contribution in [1.82, 2.24) is 5.32 Å². The third-order valence-electron chi connectivity index (χ3n) is 3.20. The summed E-state index contributed by atoms with van der Waals surface area (Å²) in [4.78, 5) is 12.0. The van der Waals surface area contributed by atoms with E-state index in [2.05, 4.69) is 5.32 Å². The third-order valence-corrected chi connectivity index (χ3v) is 3.20. The molecular formula is C13H17FN2O2. The predicted molar refractivity (Wildman–Crippen MR) is 65.2 cm³/mol. The Labute approximate surface area is 105 Å². The smallest absolute Gasteiger partial charge is 0.240 e. The van der Waals surface area contributed by atoms with Gasteiger partial charge in [0.05, 0.1) is 5.54 Å². The highest BCUT2D eigenvalue weighted by atomic mass is 19.1. The molecule has 98 valence electrons. The fourth-order valence-electron chi connectivity index (χ4n) is 1.92. The van der Waals surface area contributed by atoms with E-state index >= 15 is 0 Å². The molecule has 1 aromatic carbocycles. The number of carbonyl (C=O) groups excluding carboxylic acids is 1. The Balaban J connectivity index is 1.89. The van der Waals surface area contributed by atoms with Gasteiger partial charge in [0, 0.05) is 19.8 Å². The van der Waals surface area contributed by atoms with E-state index < -0.39 is 5.54 Å². The predicted octanol–water partition coefficient (Wildman–Crippen LogP) is 0.950. The summed E-state index contributed by atoms with van der Waals surface area (Å²) in [5, 5.41) is 2.79. The average molecular weight is 252 g/mol. The topological polar surface area (TPSA) is 64.4 Å². The number of halogens is 1. The van der Waals surface area contributed by atoms with Crippen LogP contribution in [0.3, 0.4) is 0 Å². The van der Waals surface area contributed by atoms with Crippen molar-refractivity contribution in [2.75, 3.05) is 13.2 Å². The van der Waals surface area contributed by atoms with E-state index in [-0.39, 0.29) is 11.7 Å². The van der Waals surface area contributed by atoms with E-state index in [1.807, 2.05) is 0 Å². The van der Waals surface area contributed by atoms with Gasteiger partial charge in [-0.15, -0.1) is 0 Å². The molecule has 1 amide bonds. The Morgan fingerprint density at radius 3 is 2.56 bits per heavy atom. The van der Waals surface area contributed by atoms with Crippen LogP contribution >= 0.6 is 0 Å². The number of rotatable bonds is 3. The number of nitrogens with one attached hydrogen (secondary N) is 1. The van der Waals surface area contributed by atoms with Gasteiger partial charge in [-0.3, -0.25) is 4.79 Å². The fourth-order valence-corrected chi connectivity index (χ4v) is 1.92. The highest BCUT2D eigenvalue weighted by molar-refractivity contribution is 5.86. The van der Waals surface area contributed by atoms with Crippen LogP contribution in [0.1, 0.15) is 18.4 Å². The summed E-state index contributed by atoms with van der Waals surface area (Å²) in [6, 6.07) is 6.02. The second kappa shape index (κ2) is 5.46. The van der Waals surface area contributed by atoms with Gasteiger partial charge in [0.1, 0.15) is 5.82 Å². The molecule has 0 bridgehead atoms. The largest absolute Gasteiger partial charge is 0.381 e. The summed E-state index contributed by atoms with van der Waals surface area (Å²) in [7, 11) is 0. The Kier molecular flexibility index (Phi) is 3.93. The Bertz CT molecular complexity index is 414. The van der Waals surface area contributed by atoms with E-state index in [0.29, 0.717) is 32.6 Å². The number of hydrogen-bond acceptors (Lipinski definition) is 3. The first-order valence-electron chi connectivity index (χ1n) is 5.99. The van der Waals surface area contributed by atoms with Gasteiger partial charge >= 0.3 is 0 Å². The van der Waals surface area contributed by atoms with Crippen molar-refractivity contribution in [1.29, 1.82) is 0 Å². The third kappa shape index (κ3) is 3.05. The van der Waals surface area contributed by atoms with Crippen LogP contribution in [0, 0.1) is 5.82 Å². The summed E-state index contributed by atoms with van der Waals surface area (Å²) in [6.07, 6.45) is 1.06. The molecule has 0 aliphatic carbocycles. The number of benzene rings is 1. The molecule has 2 rings (SSSR count). The first-order chi connectivity index (χ1) is 8.60. The lowest BCUT2D eigenvalue weighted by atomic mass is 9.90. The molecule has 0 atom stereocenters. The number of amides is 1. The second-order valence-corrected chi connectivity index (χ2v) is 4.58. The minimum atomic E-state index is -0.835. The van der Waals surface area contributed by atoms with Crippen molar-refractivity contribution in [3.05, 3.63) is 35.6 Å². The van der Waals surface area contributed by atoms with Gasteiger partial charge < -0.3 is 15.8 Å². The summed E-state index contributed by atoms with van der Waals surface area (Å²) >= 11 is 0. The molecule has 1 aliphatic heterocycles. The van der Waals surface area contributed by atoms with Crippen molar-refractivity contribution in [3.63, 3.8) is 0 Å². The van der Waals surface area contributed by atoms with E-state index in [1.165, 1.54) is 12.1 Å². The van der Waals surface area contributed by atoms with Crippen LogP contribution in [0.5, 0.6) is 0 Å². The molecule has 4 nitrogen and oxygen atoms in total. The number of ether oxygens (including phenoxy) is 1. The molecule has 0 saturated carbocycles. The van der Waals surface area contributed by atoms with Gasteiger partial charge in [0.25, 0.3) is 0 Å². The average Bonchev–Trinajstić information content (AvgIpc) is 2.38. The summed E-state index contributed by atoms with van der Waals surface area (Å²) in [5.41, 5.74) is 6.05. The van der Waals surface area contributed by atoms with Crippen molar-refractivity contribution in [2.45, 2.75) is 24.9 Å². The van der Waals surface area contributed by atoms with Crippen molar-refractivity contribution >= 4 is 5.91 Å². The van der Waals surface area contributed by atoms with E-state index in [0.717, 1.165) is 5.56 Å². The molecule has 1 saturated heterocycles. The van der Waals surface area contributed by atoms with Crippen LogP contribution in [0.2, 0.25) is 0 Å². The number of hydrogen-bond donors (Lipinski definition) is 2. The number of nitrogens with two attached hydrogens (primary N) is 1. The molecule has 5 heteroatoms. The normalized spacial score (nSPS) is 18.3. The monoisotopic (exact) mass is 252 g/mol. The van der Waals surface area contributed by atoms with E-state index in [4.69, 9.17) is 10.5 Å². The van der Waals surface area contributed by atoms with Gasteiger partial charge in [-0.25, -0.2) is 4.39 Å². The minimum absolute atomic E-state index is 0.171. The van der Waals surface area contributed by atoms with Crippen LogP contribution in [0.4, 0.5) is 4.39 Å². The molecule has 1 aliphatic rings. The van der Waals surface area contributed by atoms with Crippen molar-refractivity contribution < 1.29 is 13.9 Å². The minimum Gasteiger partial charge on any atom is -0.381 e. The van der Waals surface area contributed by atoms with Crippen LogP contribution in [0.25, 0.3) is 0 Å². The van der Waals surface area contributed by atoms with E-state index in [1.54, 1.807) is 12.1 Å². The van der Waals surface area contributed by atoms with Gasteiger partial charge in [-0.1, -0.05) is 12.1 Å². The lowest BCUT2D eigenvalue weighted by Crippen LogP contribution is -2.56. The SMILES string of the molecule is NC1(C(=O)NCc2ccc(F)cc2)CCOCC1. The zero-order chi connectivity index (χ0) is 13.0. The number of carbonyl (C=O) groups is 1. The molecule has 18 heavy (non-hydrogen) atoms. The molecule has 0 unspecified atom stereocenters. The lowest BCUT2D eigenvalue weighted by Gasteiger charge is -2.31. The van der Waals surface area contributed by atoms with Gasteiger partial charge in [-0.2, -0.15) is 0 Å². The fraction of sp³-hybridized carbons (Fsp3) is 0.462. The van der Waals surface area contributed by atoms with E-state index in [9.17, 15) is 9.18 Å². The zero-order valence-corrected chi connectivity index (χ0v) is 10.1. The summed E-state index contributed by atoms with van der Waals surface area (Å²) in [5.74, 6) is -0.458. The molecule has 0 spiro atoms. The van der Waals surface area contributed by atoms with Crippen molar-refractivity contribution in [2.24, 2.45) is 5.73 Å². The lowest BCUT2D eigenvalue weighted by molar-refractivity contribution is -0.129. The highest BCUT2D eigenvalue weighted by Gasteiger charge is 2.35. The van der Waals surface area contributed by atoms with Gasteiger partial charge in [-0.05, 0) is 30.5 Å². The van der Waals surface area contributed by atoms with Crippen LogP contribution in [-0.4, -0.2) is 24.7 Å². The van der Waals surface area contributed by atoms with Crippen LogP contribution < -0.4 is 11.1 Å². The zero-order valence-electron chi connectivity index (χ0n) is 10.1. The molecule has 1 aromatic rings. The molecule has 0 radical (unpaired) electrons. The summed E-state index contributed by atoms with van der Waals surface area (Å²) < 4.78 is 17.9. The van der Waals surface area contributed by atoms with Crippen LogP contribution in [0.15, 0.2) is 24.3 Å². The van der Waals surface area contributed by atoms with Crippen LogP contribution in [-0.2, 0) is 16.1 Å². The molecule has 1 fully saturated rings. The maximum Gasteiger partial charge on any atom is 0.240 e. The first kappa shape index (κ1) is 13.0. The molecular weight excluding hydrogens is 235 g/mol. The quantitative estimate of drug-likeness (QED) is 0.841. The summed E-state index contributed by atoms with van der Waals surface area (Å²) in [6.45, 7) is 1.39. The van der Waals surface area contributed by atoms with Crippen molar-refractivity contribution in [3.8, 4) is 0 Å². The molecule has 3 N–H and O–H groups in total. The maximum absolute atomic E-state index is 12.7. The standard InChI is InChI=1S/C13H17FN2O2/c14-11-3-1-10(2-4-11)9-16-12(17)13(15)5-7-18-8-6-13/h1-4H,5-9,15H2,(H,16,17). The Morgan fingerprint density at radius 2 is 1.94 bits per heavy atom. The van der Waals surface area contributed by atoms with Gasteiger partial charge in [0.2, 0.25) is 5.91 Å². The Hall–Kier alpha value is -1.46. The maximum atomic E-state index is 12.7. The second-order valence-electron chi connectivity index (χ2n) is 4.58. The molecule has 0 aromatic heterocycles.